The smallest absolute Gasteiger partial charge is 0.0955 e. The van der Waals surface area contributed by atoms with Crippen molar-refractivity contribution < 1.29 is 0 Å². The van der Waals surface area contributed by atoms with Crippen LogP contribution in [-0.2, 0) is 7.05 Å². The number of rotatable bonds is 3. The van der Waals surface area contributed by atoms with Crippen molar-refractivity contribution in [1.29, 1.82) is 5.26 Å². The summed E-state index contributed by atoms with van der Waals surface area (Å²) in [4.78, 5) is 4.27. The van der Waals surface area contributed by atoms with Crippen LogP contribution in [0.5, 0.6) is 0 Å². The van der Waals surface area contributed by atoms with Gasteiger partial charge in [0.2, 0.25) is 0 Å². The normalized spacial score (nSPS) is 10.1. The van der Waals surface area contributed by atoms with Crippen molar-refractivity contribution in [1.82, 2.24) is 9.55 Å². The van der Waals surface area contributed by atoms with Gasteiger partial charge < -0.3 is 9.88 Å². The molecule has 0 spiro atoms. The van der Waals surface area contributed by atoms with Gasteiger partial charge in [0.1, 0.15) is 0 Å². The lowest BCUT2D eigenvalue weighted by atomic mass is 10.2. The predicted molar refractivity (Wildman–Crippen MR) is 59.4 cm³/mol. The molecule has 0 aliphatic rings. The molecular weight excluding hydrogens is 188 g/mol. The molecule has 0 atom stereocenters. The minimum atomic E-state index is 0.514. The summed E-state index contributed by atoms with van der Waals surface area (Å²) in [5, 5.41) is 11.6. The molecule has 4 heteroatoms. The summed E-state index contributed by atoms with van der Waals surface area (Å²) in [6.45, 7) is 0.675. The van der Waals surface area contributed by atoms with Gasteiger partial charge >= 0.3 is 0 Å². The molecule has 0 unspecified atom stereocenters. The maximum Gasteiger partial charge on any atom is 0.0955 e. The van der Waals surface area contributed by atoms with Crippen LogP contribution in [0.15, 0.2) is 24.5 Å². The highest BCUT2D eigenvalue weighted by molar-refractivity contribution is 5.79. The molecule has 4 nitrogen and oxygen atoms in total. The number of nitrogens with zero attached hydrogens (tertiary/aromatic N) is 3. The van der Waals surface area contributed by atoms with Gasteiger partial charge in [-0.1, -0.05) is 0 Å². The van der Waals surface area contributed by atoms with E-state index in [1.54, 1.807) is 6.33 Å². The number of fused-ring (bicyclic) bond motifs is 1. The highest BCUT2D eigenvalue weighted by atomic mass is 15.0. The third kappa shape index (κ3) is 1.91. The summed E-state index contributed by atoms with van der Waals surface area (Å²) in [6, 6.07) is 8.12. The Morgan fingerprint density at radius 2 is 2.40 bits per heavy atom. The van der Waals surface area contributed by atoms with E-state index in [1.165, 1.54) is 0 Å². The van der Waals surface area contributed by atoms with Crippen LogP contribution in [0.2, 0.25) is 0 Å². The van der Waals surface area contributed by atoms with E-state index in [2.05, 4.69) is 16.4 Å². The van der Waals surface area contributed by atoms with Crippen LogP contribution in [0, 0.1) is 11.3 Å². The number of nitriles is 1. The van der Waals surface area contributed by atoms with Crippen molar-refractivity contribution in [2.45, 2.75) is 6.42 Å². The molecule has 0 amide bonds. The molecule has 15 heavy (non-hydrogen) atoms. The quantitative estimate of drug-likeness (QED) is 0.770. The summed E-state index contributed by atoms with van der Waals surface area (Å²) < 4.78 is 1.98. The number of aryl methyl sites for hydroxylation is 1. The summed E-state index contributed by atoms with van der Waals surface area (Å²) in [7, 11) is 1.97. The zero-order valence-corrected chi connectivity index (χ0v) is 8.57. The zero-order valence-electron chi connectivity index (χ0n) is 8.57. The molecule has 1 N–H and O–H groups in total. The Labute approximate surface area is 88.2 Å². The monoisotopic (exact) mass is 200 g/mol. The van der Waals surface area contributed by atoms with Gasteiger partial charge in [0, 0.05) is 19.3 Å². The molecule has 2 aromatic rings. The maximum atomic E-state index is 8.41. The average Bonchev–Trinajstić information content (AvgIpc) is 2.61. The minimum absolute atomic E-state index is 0.514. The van der Waals surface area contributed by atoms with Gasteiger partial charge in [0.25, 0.3) is 0 Å². The van der Waals surface area contributed by atoms with Crippen molar-refractivity contribution >= 4 is 16.7 Å². The second-order valence-corrected chi connectivity index (χ2v) is 3.39. The standard InChI is InChI=1S/C11H12N4/c1-15-8-14-10-7-9(3-4-11(10)15)13-6-2-5-12/h3-4,7-8,13H,2,6H2,1H3. The predicted octanol–water partition coefficient (Wildman–Crippen LogP) is 1.90. The van der Waals surface area contributed by atoms with Crippen molar-refractivity contribution in [3.63, 3.8) is 0 Å². The number of aromatic nitrogens is 2. The van der Waals surface area contributed by atoms with Crippen LogP contribution in [0.25, 0.3) is 11.0 Å². The van der Waals surface area contributed by atoms with E-state index in [9.17, 15) is 0 Å². The molecule has 0 bridgehead atoms. The molecule has 0 aliphatic carbocycles. The lowest BCUT2D eigenvalue weighted by molar-refractivity contribution is 0.947. The Balaban J connectivity index is 2.20. The minimum Gasteiger partial charge on any atom is -0.384 e. The Morgan fingerprint density at radius 1 is 1.53 bits per heavy atom. The van der Waals surface area contributed by atoms with E-state index in [0.717, 1.165) is 16.7 Å². The number of hydrogen-bond donors (Lipinski definition) is 1. The van der Waals surface area contributed by atoms with Crippen LogP contribution in [0.4, 0.5) is 5.69 Å². The summed E-state index contributed by atoms with van der Waals surface area (Å²) in [6.07, 6.45) is 2.31. The van der Waals surface area contributed by atoms with Crippen LogP contribution in [-0.4, -0.2) is 16.1 Å². The molecule has 1 aromatic heterocycles. The van der Waals surface area contributed by atoms with Gasteiger partial charge in [-0.3, -0.25) is 0 Å². The van der Waals surface area contributed by atoms with E-state index in [4.69, 9.17) is 5.26 Å². The van der Waals surface area contributed by atoms with E-state index >= 15 is 0 Å². The number of hydrogen-bond acceptors (Lipinski definition) is 3. The molecule has 1 aromatic carbocycles. The van der Waals surface area contributed by atoms with Crippen molar-refractivity contribution in [3.8, 4) is 6.07 Å². The molecule has 0 radical (unpaired) electrons. The maximum absolute atomic E-state index is 8.41. The lowest BCUT2D eigenvalue weighted by Crippen LogP contribution is -1.99. The number of imidazole rings is 1. The molecular formula is C11H12N4. The first-order valence-electron chi connectivity index (χ1n) is 4.83. The fourth-order valence-electron chi connectivity index (χ4n) is 1.51. The third-order valence-electron chi connectivity index (χ3n) is 2.29. The van der Waals surface area contributed by atoms with Crippen molar-refractivity contribution in [2.75, 3.05) is 11.9 Å². The fraction of sp³-hybridized carbons (Fsp3) is 0.273. The van der Waals surface area contributed by atoms with Gasteiger partial charge in [-0.2, -0.15) is 5.26 Å². The second-order valence-electron chi connectivity index (χ2n) is 3.39. The zero-order chi connectivity index (χ0) is 10.7. The second kappa shape index (κ2) is 4.01. The number of anilines is 1. The Hall–Kier alpha value is -2.02. The summed E-state index contributed by atoms with van der Waals surface area (Å²) in [5.74, 6) is 0. The summed E-state index contributed by atoms with van der Waals surface area (Å²) in [5.41, 5.74) is 3.09. The van der Waals surface area contributed by atoms with Crippen molar-refractivity contribution in [3.05, 3.63) is 24.5 Å². The van der Waals surface area contributed by atoms with Crippen LogP contribution in [0.1, 0.15) is 6.42 Å². The van der Waals surface area contributed by atoms with E-state index in [1.807, 2.05) is 29.8 Å². The number of benzene rings is 1. The van der Waals surface area contributed by atoms with Gasteiger partial charge in [0.05, 0.1) is 29.9 Å². The SMILES string of the molecule is Cn1cnc2cc(NCCC#N)ccc21. The molecule has 0 saturated heterocycles. The molecule has 76 valence electrons. The summed E-state index contributed by atoms with van der Waals surface area (Å²) >= 11 is 0. The molecule has 2 rings (SSSR count). The fourth-order valence-corrected chi connectivity index (χ4v) is 1.51. The first-order valence-corrected chi connectivity index (χ1v) is 4.83. The van der Waals surface area contributed by atoms with Gasteiger partial charge in [0.15, 0.2) is 0 Å². The first-order chi connectivity index (χ1) is 7.31. The van der Waals surface area contributed by atoms with Gasteiger partial charge in [-0.05, 0) is 18.2 Å². The topological polar surface area (TPSA) is 53.6 Å². The van der Waals surface area contributed by atoms with E-state index in [0.29, 0.717) is 13.0 Å². The van der Waals surface area contributed by atoms with Crippen molar-refractivity contribution in [2.24, 2.45) is 7.05 Å². The van der Waals surface area contributed by atoms with Crippen LogP contribution >= 0.6 is 0 Å². The van der Waals surface area contributed by atoms with Gasteiger partial charge in [-0.15, -0.1) is 0 Å². The Bertz CT molecular complexity index is 507. The van der Waals surface area contributed by atoms with E-state index < -0.39 is 0 Å². The average molecular weight is 200 g/mol. The van der Waals surface area contributed by atoms with Crippen LogP contribution < -0.4 is 5.32 Å². The highest BCUT2D eigenvalue weighted by Crippen LogP contribution is 2.17. The molecule has 0 saturated carbocycles. The van der Waals surface area contributed by atoms with Gasteiger partial charge in [-0.25, -0.2) is 4.98 Å². The van der Waals surface area contributed by atoms with Crippen LogP contribution in [0.3, 0.4) is 0 Å². The highest BCUT2D eigenvalue weighted by Gasteiger charge is 1.99. The Kier molecular flexibility index (Phi) is 2.55. The molecule has 0 aliphatic heterocycles. The largest absolute Gasteiger partial charge is 0.384 e. The molecule has 1 heterocycles. The Morgan fingerprint density at radius 3 is 3.20 bits per heavy atom. The molecule has 0 fully saturated rings. The lowest BCUT2D eigenvalue weighted by Gasteiger charge is -2.03. The van der Waals surface area contributed by atoms with E-state index in [-0.39, 0.29) is 0 Å². The number of nitrogens with one attached hydrogen (secondary N) is 1. The first kappa shape index (κ1) is 9.53. The third-order valence-corrected chi connectivity index (χ3v) is 2.29.